The molecule has 0 aliphatic carbocycles. The number of benzene rings is 1. The molecule has 2 rings (SSSR count). The fourth-order valence-electron chi connectivity index (χ4n) is 2.29. The van der Waals surface area contributed by atoms with E-state index in [2.05, 4.69) is 26.6 Å². The molecule has 0 unspecified atom stereocenters. The van der Waals surface area contributed by atoms with Crippen molar-refractivity contribution in [2.45, 2.75) is 23.8 Å². The third kappa shape index (κ3) is 3.87. The zero-order chi connectivity index (χ0) is 16.3. The van der Waals surface area contributed by atoms with E-state index in [4.69, 9.17) is 0 Å². The Morgan fingerprint density at radius 3 is 2.68 bits per heavy atom. The van der Waals surface area contributed by atoms with E-state index in [1.165, 1.54) is 26.2 Å². The van der Waals surface area contributed by atoms with Crippen molar-refractivity contribution >= 4 is 31.9 Å². The van der Waals surface area contributed by atoms with Gasteiger partial charge >= 0.3 is 0 Å². The summed E-state index contributed by atoms with van der Waals surface area (Å²) in [5.41, 5.74) is 0.440. The number of halogens is 1. The molecule has 1 aliphatic rings. The molecule has 122 valence electrons. The van der Waals surface area contributed by atoms with Gasteiger partial charge in [0.25, 0.3) is 5.91 Å². The van der Waals surface area contributed by atoms with E-state index in [1.54, 1.807) is 6.07 Å². The second-order valence-corrected chi connectivity index (χ2v) is 8.42. The van der Waals surface area contributed by atoms with Crippen LogP contribution in [0.4, 0.5) is 0 Å². The molecule has 1 saturated heterocycles. The quantitative estimate of drug-likeness (QED) is 0.810. The third-order valence-corrected chi connectivity index (χ3v) is 6.38. The molecule has 1 aliphatic heterocycles. The molecule has 0 saturated carbocycles. The third-order valence-electron chi connectivity index (χ3n) is 3.58. The van der Waals surface area contributed by atoms with Crippen molar-refractivity contribution in [2.24, 2.45) is 0 Å². The fraction of sp³-hybridized carbons (Fsp3) is 0.500. The Hall–Kier alpha value is -0.960. The number of hydrogen-bond donors (Lipinski definition) is 2. The number of hydrogen-bond acceptors (Lipinski definition) is 4. The molecule has 22 heavy (non-hydrogen) atoms. The second kappa shape index (κ2) is 7.08. The van der Waals surface area contributed by atoms with E-state index in [0.717, 1.165) is 30.2 Å². The normalized spacial score (nSPS) is 19.2. The molecule has 6 nitrogen and oxygen atoms in total. The molecule has 1 aromatic rings. The largest absolute Gasteiger partial charge is 0.348 e. The standard InChI is InChI=1S/C14H20BrN3O3S/c1-18(2)22(20,21)13-6-5-10(8-12(13)15)14(19)17-11-4-3-7-16-9-11/h5-6,8,11,16H,3-4,7,9H2,1-2H3,(H,17,19)/t11-/m0/s1. The van der Waals surface area contributed by atoms with E-state index in [-0.39, 0.29) is 16.8 Å². The van der Waals surface area contributed by atoms with Crippen LogP contribution in [0.15, 0.2) is 27.6 Å². The highest BCUT2D eigenvalue weighted by molar-refractivity contribution is 9.10. The summed E-state index contributed by atoms with van der Waals surface area (Å²) in [4.78, 5) is 12.4. The molecule has 0 spiro atoms. The Labute approximate surface area is 139 Å². The molecule has 1 fully saturated rings. The maximum Gasteiger partial charge on any atom is 0.251 e. The second-order valence-electron chi connectivity index (χ2n) is 5.45. The first kappa shape index (κ1) is 17.4. The number of carbonyl (C=O) groups excluding carboxylic acids is 1. The smallest absolute Gasteiger partial charge is 0.251 e. The van der Waals surface area contributed by atoms with Crippen molar-refractivity contribution in [2.75, 3.05) is 27.2 Å². The molecule has 0 aromatic heterocycles. The molecule has 0 bridgehead atoms. The van der Waals surface area contributed by atoms with Crippen LogP contribution in [-0.2, 0) is 10.0 Å². The summed E-state index contributed by atoms with van der Waals surface area (Å²) in [5.74, 6) is -0.191. The number of amides is 1. The van der Waals surface area contributed by atoms with Crippen LogP contribution < -0.4 is 10.6 Å². The van der Waals surface area contributed by atoms with Crippen molar-refractivity contribution in [3.8, 4) is 0 Å². The van der Waals surface area contributed by atoms with Gasteiger partial charge in [0, 0.05) is 36.7 Å². The monoisotopic (exact) mass is 389 g/mol. The summed E-state index contributed by atoms with van der Waals surface area (Å²) in [7, 11) is -0.591. The molecular formula is C14H20BrN3O3S. The molecule has 1 atom stereocenters. The lowest BCUT2D eigenvalue weighted by molar-refractivity contribution is 0.0930. The average molecular weight is 390 g/mol. The number of sulfonamides is 1. The van der Waals surface area contributed by atoms with Crippen molar-refractivity contribution in [1.29, 1.82) is 0 Å². The van der Waals surface area contributed by atoms with Crippen molar-refractivity contribution < 1.29 is 13.2 Å². The lowest BCUT2D eigenvalue weighted by Crippen LogP contribution is -2.45. The van der Waals surface area contributed by atoms with Gasteiger partial charge in [-0.1, -0.05) is 0 Å². The minimum atomic E-state index is -3.53. The molecule has 1 heterocycles. The number of nitrogens with zero attached hydrogens (tertiary/aromatic N) is 1. The Morgan fingerprint density at radius 2 is 2.14 bits per heavy atom. The minimum absolute atomic E-state index is 0.116. The van der Waals surface area contributed by atoms with Gasteiger partial charge in [-0.25, -0.2) is 12.7 Å². The van der Waals surface area contributed by atoms with E-state index >= 15 is 0 Å². The van der Waals surface area contributed by atoms with Crippen molar-refractivity contribution in [3.63, 3.8) is 0 Å². The lowest BCUT2D eigenvalue weighted by atomic mass is 10.1. The van der Waals surface area contributed by atoms with E-state index < -0.39 is 10.0 Å². The van der Waals surface area contributed by atoms with Crippen molar-refractivity contribution in [3.05, 3.63) is 28.2 Å². The van der Waals surface area contributed by atoms with Crippen LogP contribution in [-0.4, -0.2) is 51.9 Å². The number of nitrogens with one attached hydrogen (secondary N) is 2. The van der Waals surface area contributed by atoms with E-state index in [1.807, 2.05) is 0 Å². The number of rotatable bonds is 4. The summed E-state index contributed by atoms with van der Waals surface area (Å²) in [6.45, 7) is 1.75. The summed E-state index contributed by atoms with van der Waals surface area (Å²) in [6, 6.07) is 4.65. The highest BCUT2D eigenvalue weighted by atomic mass is 79.9. The summed E-state index contributed by atoms with van der Waals surface area (Å²) < 4.78 is 25.8. The van der Waals surface area contributed by atoms with Gasteiger partial charge < -0.3 is 10.6 Å². The van der Waals surface area contributed by atoms with Crippen LogP contribution in [0.2, 0.25) is 0 Å². The lowest BCUT2D eigenvalue weighted by Gasteiger charge is -2.24. The summed E-state index contributed by atoms with van der Waals surface area (Å²) in [5, 5.41) is 6.20. The van der Waals surface area contributed by atoms with Gasteiger partial charge in [-0.2, -0.15) is 0 Å². The Bertz CT molecular complexity index is 655. The first-order valence-electron chi connectivity index (χ1n) is 7.06. The predicted octanol–water partition coefficient (Wildman–Crippen LogP) is 1.18. The fourth-order valence-corrected chi connectivity index (χ4v) is 4.22. The zero-order valence-electron chi connectivity index (χ0n) is 12.6. The van der Waals surface area contributed by atoms with Gasteiger partial charge in [-0.05, 0) is 53.5 Å². The molecule has 8 heteroatoms. The van der Waals surface area contributed by atoms with Crippen LogP contribution in [0.3, 0.4) is 0 Å². The van der Waals surface area contributed by atoms with Gasteiger partial charge in [0.05, 0.1) is 4.90 Å². The van der Waals surface area contributed by atoms with Crippen LogP contribution in [0.1, 0.15) is 23.2 Å². The van der Waals surface area contributed by atoms with Crippen LogP contribution in [0, 0.1) is 0 Å². The maximum absolute atomic E-state index is 12.2. The highest BCUT2D eigenvalue weighted by Gasteiger charge is 2.22. The number of piperidine rings is 1. The molecular weight excluding hydrogens is 370 g/mol. The molecule has 2 N–H and O–H groups in total. The first-order valence-corrected chi connectivity index (χ1v) is 9.29. The Morgan fingerprint density at radius 1 is 1.41 bits per heavy atom. The van der Waals surface area contributed by atoms with E-state index in [9.17, 15) is 13.2 Å². The average Bonchev–Trinajstić information content (AvgIpc) is 2.47. The Kier molecular flexibility index (Phi) is 5.60. The minimum Gasteiger partial charge on any atom is -0.348 e. The number of carbonyl (C=O) groups is 1. The van der Waals surface area contributed by atoms with Crippen LogP contribution in [0.25, 0.3) is 0 Å². The molecule has 1 amide bonds. The van der Waals surface area contributed by atoms with Crippen LogP contribution >= 0.6 is 15.9 Å². The topological polar surface area (TPSA) is 78.5 Å². The van der Waals surface area contributed by atoms with Crippen molar-refractivity contribution in [1.82, 2.24) is 14.9 Å². The van der Waals surface area contributed by atoms with Gasteiger partial charge in [0.2, 0.25) is 10.0 Å². The van der Waals surface area contributed by atoms with Crippen LogP contribution in [0.5, 0.6) is 0 Å². The predicted molar refractivity (Wildman–Crippen MR) is 88.4 cm³/mol. The van der Waals surface area contributed by atoms with E-state index in [0.29, 0.717) is 10.0 Å². The van der Waals surface area contributed by atoms with Gasteiger partial charge in [0.1, 0.15) is 0 Å². The zero-order valence-corrected chi connectivity index (χ0v) is 15.0. The van der Waals surface area contributed by atoms with Gasteiger partial charge in [-0.15, -0.1) is 0 Å². The summed E-state index contributed by atoms with van der Waals surface area (Å²) >= 11 is 3.25. The highest BCUT2D eigenvalue weighted by Crippen LogP contribution is 2.25. The first-order chi connectivity index (χ1) is 10.3. The maximum atomic E-state index is 12.2. The van der Waals surface area contributed by atoms with Gasteiger partial charge in [0.15, 0.2) is 0 Å². The molecule has 0 radical (unpaired) electrons. The molecule has 1 aromatic carbocycles. The Balaban J connectivity index is 2.16. The SMILES string of the molecule is CN(C)S(=O)(=O)c1ccc(C(=O)N[C@H]2CCCNC2)cc1Br. The summed E-state index contributed by atoms with van der Waals surface area (Å²) in [6.07, 6.45) is 1.99. The van der Waals surface area contributed by atoms with Gasteiger partial charge in [-0.3, -0.25) is 4.79 Å².